The van der Waals surface area contributed by atoms with Gasteiger partial charge in [0.2, 0.25) is 0 Å². The molecular weight excluding hydrogens is 439 g/mol. The molecular formula is C19H31IN6. The number of pyridine rings is 1. The van der Waals surface area contributed by atoms with Gasteiger partial charge in [0.25, 0.3) is 0 Å². The van der Waals surface area contributed by atoms with Crippen LogP contribution in [0.5, 0.6) is 0 Å². The van der Waals surface area contributed by atoms with Crippen molar-refractivity contribution < 1.29 is 0 Å². The minimum atomic E-state index is 0. The Morgan fingerprint density at radius 3 is 2.81 bits per heavy atom. The second kappa shape index (κ2) is 12.7. The lowest BCUT2D eigenvalue weighted by Crippen LogP contribution is -2.41. The second-order valence-corrected chi connectivity index (χ2v) is 6.31. The number of imidazole rings is 1. The Morgan fingerprint density at radius 2 is 2.12 bits per heavy atom. The molecule has 0 aromatic carbocycles. The fraction of sp³-hybridized carbons (Fsp3) is 0.526. The van der Waals surface area contributed by atoms with Crippen molar-refractivity contribution in [1.29, 1.82) is 0 Å². The molecule has 0 aliphatic heterocycles. The van der Waals surface area contributed by atoms with Gasteiger partial charge in [-0.2, -0.15) is 0 Å². The molecule has 0 aliphatic rings. The summed E-state index contributed by atoms with van der Waals surface area (Å²) in [4.78, 5) is 12.8. The largest absolute Gasteiger partial charge is 0.354 e. The van der Waals surface area contributed by atoms with E-state index >= 15 is 0 Å². The van der Waals surface area contributed by atoms with Gasteiger partial charge in [-0.3, -0.25) is 9.56 Å². The van der Waals surface area contributed by atoms with Crippen molar-refractivity contribution in [3.05, 3.63) is 42.6 Å². The summed E-state index contributed by atoms with van der Waals surface area (Å²) in [6.07, 6.45) is 13.5. The first-order valence-electron chi connectivity index (χ1n) is 9.13. The van der Waals surface area contributed by atoms with Gasteiger partial charge >= 0.3 is 0 Å². The van der Waals surface area contributed by atoms with Crippen LogP contribution in [0.1, 0.15) is 51.5 Å². The molecule has 0 radical (unpaired) electrons. The minimum Gasteiger partial charge on any atom is -0.354 e. The molecule has 0 saturated carbocycles. The van der Waals surface area contributed by atoms with Gasteiger partial charge in [-0.05, 0) is 31.0 Å². The van der Waals surface area contributed by atoms with Gasteiger partial charge < -0.3 is 10.6 Å². The third-order valence-corrected chi connectivity index (χ3v) is 4.14. The Labute approximate surface area is 174 Å². The maximum atomic E-state index is 4.38. The normalized spacial score (nSPS) is 12.3. The summed E-state index contributed by atoms with van der Waals surface area (Å²) in [6.45, 7) is 5.15. The standard InChI is InChI=1S/C19H30N6.HI/c1-4-5-6-7-8-16(2)24-19(20-3)23-14-17-9-10-22-18(13-17)25-12-11-21-15-25;/h9-13,15-16H,4-8,14H2,1-3H3,(H2,20,23,24);1H. The summed E-state index contributed by atoms with van der Waals surface area (Å²) in [6, 6.07) is 4.48. The van der Waals surface area contributed by atoms with E-state index in [0.717, 1.165) is 17.3 Å². The number of aliphatic imine (C=N–C) groups is 1. The lowest BCUT2D eigenvalue weighted by atomic mass is 10.1. The lowest BCUT2D eigenvalue weighted by Gasteiger charge is -2.18. The van der Waals surface area contributed by atoms with Crippen LogP contribution in [0.2, 0.25) is 0 Å². The number of guanidine groups is 1. The highest BCUT2D eigenvalue weighted by Gasteiger charge is 2.06. The van der Waals surface area contributed by atoms with E-state index in [1.54, 1.807) is 12.5 Å². The molecule has 0 saturated heterocycles. The highest BCUT2D eigenvalue weighted by Crippen LogP contribution is 2.07. The molecule has 6 nitrogen and oxygen atoms in total. The van der Waals surface area contributed by atoms with E-state index in [-0.39, 0.29) is 24.0 Å². The Bertz CT molecular complexity index is 641. The van der Waals surface area contributed by atoms with Crippen LogP contribution in [-0.4, -0.2) is 33.6 Å². The Kier molecular flexibility index (Phi) is 10.9. The molecule has 0 amide bonds. The molecule has 7 heteroatoms. The van der Waals surface area contributed by atoms with E-state index in [2.05, 4.69) is 45.5 Å². The highest BCUT2D eigenvalue weighted by atomic mass is 127. The van der Waals surface area contributed by atoms with Crippen LogP contribution in [0.15, 0.2) is 42.0 Å². The number of rotatable bonds is 9. The van der Waals surface area contributed by atoms with Gasteiger partial charge in [-0.1, -0.05) is 32.6 Å². The van der Waals surface area contributed by atoms with Gasteiger partial charge in [0.05, 0.1) is 0 Å². The molecule has 0 aliphatic carbocycles. The van der Waals surface area contributed by atoms with E-state index in [1.165, 1.54) is 32.1 Å². The van der Waals surface area contributed by atoms with Crippen molar-refractivity contribution in [3.8, 4) is 5.82 Å². The zero-order valence-electron chi connectivity index (χ0n) is 16.0. The van der Waals surface area contributed by atoms with Gasteiger partial charge in [0.15, 0.2) is 5.96 Å². The first-order valence-corrected chi connectivity index (χ1v) is 9.13. The molecule has 2 rings (SSSR count). The molecule has 26 heavy (non-hydrogen) atoms. The summed E-state index contributed by atoms with van der Waals surface area (Å²) < 4.78 is 1.90. The maximum absolute atomic E-state index is 4.38. The fourth-order valence-electron chi connectivity index (χ4n) is 2.67. The Balaban J connectivity index is 0.00000338. The van der Waals surface area contributed by atoms with Crippen LogP contribution < -0.4 is 10.6 Å². The minimum absolute atomic E-state index is 0. The molecule has 0 spiro atoms. The zero-order chi connectivity index (χ0) is 17.9. The molecule has 2 heterocycles. The summed E-state index contributed by atoms with van der Waals surface area (Å²) in [7, 11) is 1.81. The van der Waals surface area contributed by atoms with Gasteiger partial charge in [-0.15, -0.1) is 24.0 Å². The molecule has 1 unspecified atom stereocenters. The monoisotopic (exact) mass is 470 g/mol. The molecule has 2 aromatic heterocycles. The van der Waals surface area contributed by atoms with Crippen LogP contribution in [0.4, 0.5) is 0 Å². The van der Waals surface area contributed by atoms with E-state index in [0.29, 0.717) is 12.6 Å². The van der Waals surface area contributed by atoms with E-state index in [1.807, 2.05) is 30.1 Å². The predicted molar refractivity (Wildman–Crippen MR) is 118 cm³/mol. The van der Waals surface area contributed by atoms with Crippen LogP contribution in [0.25, 0.3) is 5.82 Å². The number of nitrogens with zero attached hydrogens (tertiary/aromatic N) is 4. The van der Waals surface area contributed by atoms with Crippen LogP contribution >= 0.6 is 24.0 Å². The molecule has 144 valence electrons. The van der Waals surface area contributed by atoms with E-state index < -0.39 is 0 Å². The SMILES string of the molecule is CCCCCCC(C)NC(=NC)NCc1ccnc(-n2ccnc2)c1.I. The third kappa shape index (κ3) is 7.72. The van der Waals surface area contributed by atoms with Crippen molar-refractivity contribution in [3.63, 3.8) is 0 Å². The number of hydrogen-bond acceptors (Lipinski definition) is 3. The average Bonchev–Trinajstić information content (AvgIpc) is 3.17. The summed E-state index contributed by atoms with van der Waals surface area (Å²) in [5.74, 6) is 1.70. The quantitative estimate of drug-likeness (QED) is 0.253. The topological polar surface area (TPSA) is 67.1 Å². The van der Waals surface area contributed by atoms with Crippen LogP contribution in [-0.2, 0) is 6.54 Å². The third-order valence-electron chi connectivity index (χ3n) is 4.14. The van der Waals surface area contributed by atoms with Crippen molar-refractivity contribution in [2.75, 3.05) is 7.05 Å². The van der Waals surface area contributed by atoms with E-state index in [9.17, 15) is 0 Å². The lowest BCUT2D eigenvalue weighted by molar-refractivity contribution is 0.537. The first-order chi connectivity index (χ1) is 12.2. The number of aromatic nitrogens is 3. The van der Waals surface area contributed by atoms with Crippen molar-refractivity contribution in [1.82, 2.24) is 25.2 Å². The highest BCUT2D eigenvalue weighted by molar-refractivity contribution is 14.0. The van der Waals surface area contributed by atoms with Crippen molar-refractivity contribution >= 4 is 29.9 Å². The van der Waals surface area contributed by atoms with Crippen molar-refractivity contribution in [2.24, 2.45) is 4.99 Å². The fourth-order valence-corrected chi connectivity index (χ4v) is 2.67. The summed E-state index contributed by atoms with van der Waals surface area (Å²) in [5, 5.41) is 6.84. The summed E-state index contributed by atoms with van der Waals surface area (Å²) in [5.41, 5.74) is 1.15. The predicted octanol–water partition coefficient (Wildman–Crippen LogP) is 3.91. The molecule has 2 aromatic rings. The first kappa shape index (κ1) is 22.4. The van der Waals surface area contributed by atoms with Crippen LogP contribution in [0, 0.1) is 0 Å². The summed E-state index contributed by atoms with van der Waals surface area (Å²) >= 11 is 0. The maximum Gasteiger partial charge on any atom is 0.191 e. The van der Waals surface area contributed by atoms with Crippen molar-refractivity contribution in [2.45, 2.75) is 58.5 Å². The molecule has 0 fully saturated rings. The molecule has 1 atom stereocenters. The number of nitrogens with one attached hydrogen (secondary N) is 2. The van der Waals surface area contributed by atoms with Gasteiger partial charge in [0.1, 0.15) is 12.1 Å². The Morgan fingerprint density at radius 1 is 1.27 bits per heavy atom. The Hall–Kier alpha value is -1.64. The second-order valence-electron chi connectivity index (χ2n) is 6.31. The molecule has 2 N–H and O–H groups in total. The van der Waals surface area contributed by atoms with Gasteiger partial charge in [-0.25, -0.2) is 9.97 Å². The molecule has 0 bridgehead atoms. The zero-order valence-corrected chi connectivity index (χ0v) is 18.3. The number of unbranched alkanes of at least 4 members (excludes halogenated alkanes) is 3. The van der Waals surface area contributed by atoms with E-state index in [4.69, 9.17) is 0 Å². The van der Waals surface area contributed by atoms with Gasteiger partial charge in [0, 0.05) is 38.2 Å². The smallest absolute Gasteiger partial charge is 0.191 e. The number of hydrogen-bond donors (Lipinski definition) is 2. The average molecular weight is 470 g/mol. The van der Waals surface area contributed by atoms with Crippen LogP contribution in [0.3, 0.4) is 0 Å². The number of halogens is 1.